The van der Waals surface area contributed by atoms with Crippen molar-refractivity contribution in [3.8, 4) is 0 Å². The van der Waals surface area contributed by atoms with Crippen molar-refractivity contribution in [1.29, 1.82) is 0 Å². The molecular formula is C15H22FNO. The number of rotatable bonds is 4. The molecule has 1 heterocycles. The second-order valence-electron chi connectivity index (χ2n) is 5.60. The molecule has 2 rings (SSSR count). The van der Waals surface area contributed by atoms with E-state index in [0.717, 1.165) is 50.3 Å². The van der Waals surface area contributed by atoms with E-state index in [0.29, 0.717) is 5.41 Å². The van der Waals surface area contributed by atoms with E-state index in [-0.39, 0.29) is 5.82 Å². The lowest BCUT2D eigenvalue weighted by Crippen LogP contribution is -2.36. The SMILES string of the molecule is Cc1ccc(F)cc1CNCC1(C)CCOCC1. The van der Waals surface area contributed by atoms with Gasteiger partial charge in [-0.1, -0.05) is 13.0 Å². The number of nitrogens with one attached hydrogen (secondary N) is 1. The molecule has 18 heavy (non-hydrogen) atoms. The number of hydrogen-bond acceptors (Lipinski definition) is 2. The first-order chi connectivity index (χ1) is 8.59. The highest BCUT2D eigenvalue weighted by Gasteiger charge is 2.26. The van der Waals surface area contributed by atoms with Crippen LogP contribution in [0.1, 0.15) is 30.9 Å². The van der Waals surface area contributed by atoms with Gasteiger partial charge in [-0.05, 0) is 48.4 Å². The van der Waals surface area contributed by atoms with Crippen molar-refractivity contribution in [3.05, 3.63) is 35.1 Å². The van der Waals surface area contributed by atoms with E-state index in [4.69, 9.17) is 4.74 Å². The van der Waals surface area contributed by atoms with E-state index in [1.807, 2.05) is 13.0 Å². The average molecular weight is 251 g/mol. The largest absolute Gasteiger partial charge is 0.381 e. The molecule has 1 N–H and O–H groups in total. The number of benzene rings is 1. The monoisotopic (exact) mass is 251 g/mol. The summed E-state index contributed by atoms with van der Waals surface area (Å²) in [5.41, 5.74) is 2.51. The number of halogens is 1. The Morgan fingerprint density at radius 1 is 1.33 bits per heavy atom. The van der Waals surface area contributed by atoms with Gasteiger partial charge in [0, 0.05) is 26.3 Å². The first-order valence-corrected chi connectivity index (χ1v) is 6.63. The van der Waals surface area contributed by atoms with Crippen LogP contribution in [-0.4, -0.2) is 19.8 Å². The van der Waals surface area contributed by atoms with Crippen molar-refractivity contribution in [2.24, 2.45) is 5.41 Å². The van der Waals surface area contributed by atoms with Crippen LogP contribution in [0.5, 0.6) is 0 Å². The molecule has 0 unspecified atom stereocenters. The van der Waals surface area contributed by atoms with Gasteiger partial charge in [-0.3, -0.25) is 0 Å². The summed E-state index contributed by atoms with van der Waals surface area (Å²) in [7, 11) is 0. The summed E-state index contributed by atoms with van der Waals surface area (Å²) in [5, 5.41) is 3.46. The highest BCUT2D eigenvalue weighted by atomic mass is 19.1. The van der Waals surface area contributed by atoms with Gasteiger partial charge in [0.2, 0.25) is 0 Å². The lowest BCUT2D eigenvalue weighted by Gasteiger charge is -2.33. The van der Waals surface area contributed by atoms with Crippen molar-refractivity contribution in [2.75, 3.05) is 19.8 Å². The number of aryl methyl sites for hydroxylation is 1. The molecular weight excluding hydrogens is 229 g/mol. The fraction of sp³-hybridized carbons (Fsp3) is 0.600. The quantitative estimate of drug-likeness (QED) is 0.888. The van der Waals surface area contributed by atoms with E-state index in [2.05, 4.69) is 12.2 Å². The van der Waals surface area contributed by atoms with Crippen LogP contribution in [0.25, 0.3) is 0 Å². The van der Waals surface area contributed by atoms with Crippen molar-refractivity contribution in [3.63, 3.8) is 0 Å². The Morgan fingerprint density at radius 3 is 2.78 bits per heavy atom. The van der Waals surface area contributed by atoms with Gasteiger partial charge in [0.15, 0.2) is 0 Å². The summed E-state index contributed by atoms with van der Waals surface area (Å²) in [6.07, 6.45) is 2.20. The molecule has 0 spiro atoms. The van der Waals surface area contributed by atoms with Gasteiger partial charge < -0.3 is 10.1 Å². The molecule has 2 nitrogen and oxygen atoms in total. The summed E-state index contributed by atoms with van der Waals surface area (Å²) in [5.74, 6) is -0.158. The van der Waals surface area contributed by atoms with Crippen LogP contribution in [0, 0.1) is 18.2 Å². The highest BCUT2D eigenvalue weighted by Crippen LogP contribution is 2.28. The Labute approximate surface area is 109 Å². The Morgan fingerprint density at radius 2 is 2.06 bits per heavy atom. The molecule has 100 valence electrons. The zero-order valence-electron chi connectivity index (χ0n) is 11.3. The van der Waals surface area contributed by atoms with E-state index in [1.165, 1.54) is 6.07 Å². The summed E-state index contributed by atoms with van der Waals surface area (Å²) in [4.78, 5) is 0. The lowest BCUT2D eigenvalue weighted by molar-refractivity contribution is 0.0240. The Kier molecular flexibility index (Phi) is 4.36. The fourth-order valence-electron chi connectivity index (χ4n) is 2.37. The summed E-state index contributed by atoms with van der Waals surface area (Å²) in [6.45, 7) is 7.73. The smallest absolute Gasteiger partial charge is 0.123 e. The molecule has 0 amide bonds. The Hall–Kier alpha value is -0.930. The van der Waals surface area contributed by atoms with E-state index >= 15 is 0 Å². The van der Waals surface area contributed by atoms with E-state index < -0.39 is 0 Å². The van der Waals surface area contributed by atoms with Gasteiger partial charge in [0.05, 0.1) is 0 Å². The predicted octanol–water partition coefficient (Wildman–Crippen LogP) is 3.04. The standard InChI is InChI=1S/C15H22FNO/c1-12-3-4-14(16)9-13(12)10-17-11-15(2)5-7-18-8-6-15/h3-4,9,17H,5-8,10-11H2,1-2H3. The van der Waals surface area contributed by atoms with Gasteiger partial charge >= 0.3 is 0 Å². The first kappa shape index (κ1) is 13.5. The molecule has 0 aromatic heterocycles. The second kappa shape index (κ2) is 5.81. The molecule has 1 saturated heterocycles. The zero-order chi connectivity index (χ0) is 13.0. The first-order valence-electron chi connectivity index (χ1n) is 6.63. The third-order valence-electron chi connectivity index (χ3n) is 3.88. The van der Waals surface area contributed by atoms with Crippen molar-refractivity contribution in [1.82, 2.24) is 5.32 Å². The lowest BCUT2D eigenvalue weighted by atomic mass is 9.82. The van der Waals surface area contributed by atoms with Gasteiger partial charge in [0.25, 0.3) is 0 Å². The predicted molar refractivity (Wildman–Crippen MR) is 71.0 cm³/mol. The van der Waals surface area contributed by atoms with Gasteiger partial charge in [0.1, 0.15) is 5.82 Å². The van der Waals surface area contributed by atoms with Gasteiger partial charge in [-0.25, -0.2) is 4.39 Å². The molecule has 1 aliphatic heterocycles. The van der Waals surface area contributed by atoms with Gasteiger partial charge in [-0.2, -0.15) is 0 Å². The van der Waals surface area contributed by atoms with Crippen LogP contribution < -0.4 is 5.32 Å². The maximum atomic E-state index is 13.2. The molecule has 0 saturated carbocycles. The summed E-state index contributed by atoms with van der Waals surface area (Å²) in [6, 6.07) is 4.97. The third-order valence-corrected chi connectivity index (χ3v) is 3.88. The number of hydrogen-bond donors (Lipinski definition) is 1. The van der Waals surface area contributed by atoms with Crippen LogP contribution in [0.3, 0.4) is 0 Å². The van der Waals surface area contributed by atoms with Crippen molar-refractivity contribution in [2.45, 2.75) is 33.2 Å². The molecule has 0 bridgehead atoms. The Balaban J connectivity index is 1.86. The Bertz CT molecular complexity index is 399. The molecule has 0 aliphatic carbocycles. The maximum Gasteiger partial charge on any atom is 0.123 e. The van der Waals surface area contributed by atoms with Gasteiger partial charge in [-0.15, -0.1) is 0 Å². The van der Waals surface area contributed by atoms with Crippen LogP contribution >= 0.6 is 0 Å². The third kappa shape index (κ3) is 3.53. The fourth-order valence-corrected chi connectivity index (χ4v) is 2.37. The molecule has 0 atom stereocenters. The molecule has 1 aromatic rings. The van der Waals surface area contributed by atoms with Crippen molar-refractivity contribution < 1.29 is 9.13 Å². The van der Waals surface area contributed by atoms with Crippen molar-refractivity contribution >= 4 is 0 Å². The molecule has 1 fully saturated rings. The van der Waals surface area contributed by atoms with E-state index in [1.54, 1.807) is 6.07 Å². The average Bonchev–Trinajstić information content (AvgIpc) is 2.34. The highest BCUT2D eigenvalue weighted by molar-refractivity contribution is 5.26. The minimum Gasteiger partial charge on any atom is -0.381 e. The van der Waals surface area contributed by atoms with Crippen LogP contribution in [0.2, 0.25) is 0 Å². The molecule has 1 aliphatic rings. The minimum absolute atomic E-state index is 0.158. The molecule has 3 heteroatoms. The molecule has 0 radical (unpaired) electrons. The number of ether oxygens (including phenoxy) is 1. The molecule has 1 aromatic carbocycles. The topological polar surface area (TPSA) is 21.3 Å². The summed E-state index contributed by atoms with van der Waals surface area (Å²) < 4.78 is 18.5. The zero-order valence-corrected chi connectivity index (χ0v) is 11.3. The van der Waals surface area contributed by atoms with Crippen LogP contribution in [0.15, 0.2) is 18.2 Å². The van der Waals surface area contributed by atoms with Crippen LogP contribution in [0.4, 0.5) is 4.39 Å². The maximum absolute atomic E-state index is 13.2. The normalized spacial score (nSPS) is 18.8. The second-order valence-corrected chi connectivity index (χ2v) is 5.60. The minimum atomic E-state index is -0.158. The summed E-state index contributed by atoms with van der Waals surface area (Å²) >= 11 is 0. The van der Waals surface area contributed by atoms with E-state index in [9.17, 15) is 4.39 Å². The van der Waals surface area contributed by atoms with Crippen LogP contribution in [-0.2, 0) is 11.3 Å².